The average molecular weight is 397 g/mol. The van der Waals surface area contributed by atoms with Crippen molar-refractivity contribution in [3.05, 3.63) is 65.5 Å². The lowest BCUT2D eigenvalue weighted by Crippen LogP contribution is -2.15. The monoisotopic (exact) mass is 396 g/mol. The molecule has 3 aromatic rings. The first kappa shape index (κ1) is 19.9. The number of para-hydroxylation sites is 2. The Kier molecular flexibility index (Phi) is 6.36. The second-order valence-corrected chi connectivity index (χ2v) is 7.52. The van der Waals surface area contributed by atoms with Gasteiger partial charge in [-0.15, -0.1) is 10.2 Å². The van der Waals surface area contributed by atoms with Gasteiger partial charge in [0.2, 0.25) is 5.91 Å². The largest absolute Gasteiger partial charge is 0.482 e. The zero-order valence-electron chi connectivity index (χ0n) is 16.5. The molecule has 0 saturated carbocycles. The molecular formula is C21H24N4O2S. The molecule has 0 aliphatic rings. The highest BCUT2D eigenvalue weighted by Gasteiger charge is 2.18. The van der Waals surface area contributed by atoms with Gasteiger partial charge in [-0.3, -0.25) is 4.79 Å². The summed E-state index contributed by atoms with van der Waals surface area (Å²) in [6, 6.07) is 15.6. The minimum Gasteiger partial charge on any atom is -0.482 e. The van der Waals surface area contributed by atoms with Crippen molar-refractivity contribution in [1.29, 1.82) is 0 Å². The van der Waals surface area contributed by atoms with Crippen molar-refractivity contribution in [3.63, 3.8) is 0 Å². The molecule has 1 aromatic heterocycles. The minimum absolute atomic E-state index is 0.0759. The highest BCUT2D eigenvalue weighted by molar-refractivity contribution is 7.99. The molecule has 0 radical (unpaired) electrons. The van der Waals surface area contributed by atoms with E-state index in [-0.39, 0.29) is 17.8 Å². The zero-order chi connectivity index (χ0) is 20.1. The highest BCUT2D eigenvalue weighted by Crippen LogP contribution is 2.25. The molecule has 0 spiro atoms. The predicted octanol–water partition coefficient (Wildman–Crippen LogP) is 4.30. The molecule has 6 nitrogen and oxygen atoms in total. The van der Waals surface area contributed by atoms with Gasteiger partial charge in [-0.05, 0) is 44.0 Å². The number of benzene rings is 2. The number of amides is 1. The third-order valence-corrected chi connectivity index (χ3v) is 5.40. The molecule has 1 atom stereocenters. The van der Waals surface area contributed by atoms with Crippen LogP contribution in [0.5, 0.6) is 5.75 Å². The van der Waals surface area contributed by atoms with Crippen LogP contribution >= 0.6 is 11.8 Å². The fraction of sp³-hybridized carbons (Fsp3) is 0.286. The molecule has 2 aromatic carbocycles. The normalized spacial score (nSPS) is 11.9. The number of carbonyl (C=O) groups is 1. The smallest absolute Gasteiger partial charge is 0.234 e. The Balaban J connectivity index is 1.60. The van der Waals surface area contributed by atoms with Crippen molar-refractivity contribution in [2.24, 2.45) is 7.05 Å². The Morgan fingerprint density at radius 3 is 2.50 bits per heavy atom. The average Bonchev–Trinajstić information content (AvgIpc) is 3.04. The molecule has 0 saturated heterocycles. The number of anilines is 1. The Morgan fingerprint density at radius 2 is 1.79 bits per heavy atom. The van der Waals surface area contributed by atoms with Crippen molar-refractivity contribution < 1.29 is 9.53 Å². The molecule has 146 valence electrons. The van der Waals surface area contributed by atoms with Crippen LogP contribution in [0, 0.1) is 13.8 Å². The molecule has 28 heavy (non-hydrogen) atoms. The van der Waals surface area contributed by atoms with Crippen LogP contribution in [0.2, 0.25) is 0 Å². The number of aromatic nitrogens is 3. The first-order valence-electron chi connectivity index (χ1n) is 9.05. The van der Waals surface area contributed by atoms with Crippen molar-refractivity contribution in [3.8, 4) is 5.75 Å². The minimum atomic E-state index is -0.256. The van der Waals surface area contributed by atoms with Crippen LogP contribution in [-0.4, -0.2) is 26.4 Å². The number of ether oxygens (including phenoxy) is 1. The number of hydrogen-bond acceptors (Lipinski definition) is 5. The second kappa shape index (κ2) is 8.93. The third-order valence-electron chi connectivity index (χ3n) is 4.38. The van der Waals surface area contributed by atoms with Crippen LogP contribution in [0.4, 0.5) is 5.69 Å². The van der Waals surface area contributed by atoms with Gasteiger partial charge in [-0.2, -0.15) is 0 Å². The lowest BCUT2D eigenvalue weighted by molar-refractivity contribution is -0.113. The summed E-state index contributed by atoms with van der Waals surface area (Å²) in [7, 11) is 1.88. The molecule has 7 heteroatoms. The number of hydrogen-bond donors (Lipinski definition) is 1. The van der Waals surface area contributed by atoms with Crippen LogP contribution in [0.15, 0.2) is 53.7 Å². The molecule has 1 unspecified atom stereocenters. The zero-order valence-corrected chi connectivity index (χ0v) is 17.3. The van der Waals surface area contributed by atoms with Crippen molar-refractivity contribution in [2.45, 2.75) is 32.0 Å². The molecule has 0 fully saturated rings. The summed E-state index contributed by atoms with van der Waals surface area (Å²) in [6.07, 6.45) is -0.256. The van der Waals surface area contributed by atoms with Crippen LogP contribution in [-0.2, 0) is 11.8 Å². The van der Waals surface area contributed by atoms with E-state index in [1.54, 1.807) is 0 Å². The van der Waals surface area contributed by atoms with Crippen molar-refractivity contribution >= 4 is 23.4 Å². The van der Waals surface area contributed by atoms with E-state index in [2.05, 4.69) is 15.5 Å². The standard InChI is InChI=1S/C21H24N4O2S/c1-14-9-5-7-11-17(14)22-19(26)13-28-21-24-23-20(25(21)4)16(3)27-18-12-8-6-10-15(18)2/h5-12,16H,13H2,1-4H3,(H,22,26). The summed E-state index contributed by atoms with van der Waals surface area (Å²) in [5.74, 6) is 1.72. The highest BCUT2D eigenvalue weighted by atomic mass is 32.2. The number of thioether (sulfide) groups is 1. The van der Waals surface area contributed by atoms with Gasteiger partial charge in [0.1, 0.15) is 5.75 Å². The Morgan fingerprint density at radius 1 is 1.11 bits per heavy atom. The van der Waals surface area contributed by atoms with Crippen molar-refractivity contribution in [2.75, 3.05) is 11.1 Å². The van der Waals surface area contributed by atoms with Gasteiger partial charge >= 0.3 is 0 Å². The van der Waals surface area contributed by atoms with Crippen LogP contribution in [0.25, 0.3) is 0 Å². The third kappa shape index (κ3) is 4.72. The summed E-state index contributed by atoms with van der Waals surface area (Å²) in [5.41, 5.74) is 2.93. The molecule has 0 aliphatic heterocycles. The number of nitrogens with zero attached hydrogens (tertiary/aromatic N) is 3. The fourth-order valence-electron chi connectivity index (χ4n) is 2.77. The predicted molar refractivity (Wildman–Crippen MR) is 112 cm³/mol. The maximum atomic E-state index is 12.3. The Bertz CT molecular complexity index is 971. The first-order valence-corrected chi connectivity index (χ1v) is 10.0. The Labute approximate surface area is 169 Å². The lowest BCUT2D eigenvalue weighted by Gasteiger charge is -2.15. The summed E-state index contributed by atoms with van der Waals surface area (Å²) in [6.45, 7) is 5.91. The number of carbonyl (C=O) groups excluding carboxylic acids is 1. The van der Waals surface area contributed by atoms with Crippen LogP contribution in [0.3, 0.4) is 0 Å². The maximum absolute atomic E-state index is 12.3. The maximum Gasteiger partial charge on any atom is 0.234 e. The summed E-state index contributed by atoms with van der Waals surface area (Å²) in [4.78, 5) is 12.3. The first-order chi connectivity index (χ1) is 13.5. The summed E-state index contributed by atoms with van der Waals surface area (Å²) in [5, 5.41) is 12.1. The van der Waals surface area contributed by atoms with E-state index in [1.165, 1.54) is 11.8 Å². The molecule has 0 bridgehead atoms. The molecular weight excluding hydrogens is 372 g/mol. The lowest BCUT2D eigenvalue weighted by atomic mass is 10.2. The molecule has 1 heterocycles. The van der Waals surface area contributed by atoms with E-state index >= 15 is 0 Å². The van der Waals surface area contributed by atoms with Gasteiger partial charge in [-0.25, -0.2) is 0 Å². The van der Waals surface area contributed by atoms with Gasteiger partial charge in [0.15, 0.2) is 17.1 Å². The van der Waals surface area contributed by atoms with Crippen molar-refractivity contribution in [1.82, 2.24) is 14.8 Å². The number of aryl methyl sites for hydroxylation is 2. The second-order valence-electron chi connectivity index (χ2n) is 6.58. The Hall–Kier alpha value is -2.80. The van der Waals surface area contributed by atoms with E-state index in [0.717, 1.165) is 22.6 Å². The van der Waals surface area contributed by atoms with Gasteiger partial charge in [0, 0.05) is 12.7 Å². The van der Waals surface area contributed by atoms with E-state index in [1.807, 2.05) is 80.9 Å². The van der Waals surface area contributed by atoms with Crippen LogP contribution < -0.4 is 10.1 Å². The summed E-state index contributed by atoms with van der Waals surface area (Å²) >= 11 is 1.35. The quantitative estimate of drug-likeness (QED) is 0.603. The topological polar surface area (TPSA) is 69.0 Å². The van der Waals surface area contributed by atoms with Crippen LogP contribution in [0.1, 0.15) is 30.0 Å². The fourth-order valence-corrected chi connectivity index (χ4v) is 3.49. The number of rotatable bonds is 7. The van der Waals surface area contributed by atoms with Gasteiger partial charge in [0.05, 0.1) is 5.75 Å². The van der Waals surface area contributed by atoms with E-state index in [9.17, 15) is 4.79 Å². The molecule has 1 N–H and O–H groups in total. The molecule has 3 rings (SSSR count). The van der Waals surface area contributed by atoms with E-state index < -0.39 is 0 Å². The van der Waals surface area contributed by atoms with E-state index in [4.69, 9.17) is 4.74 Å². The molecule has 1 amide bonds. The van der Waals surface area contributed by atoms with Gasteiger partial charge in [-0.1, -0.05) is 48.2 Å². The summed E-state index contributed by atoms with van der Waals surface area (Å²) < 4.78 is 7.90. The van der Waals surface area contributed by atoms with Gasteiger partial charge in [0.25, 0.3) is 0 Å². The SMILES string of the molecule is Cc1ccccc1NC(=O)CSc1nnc(C(C)Oc2ccccc2C)n1C. The van der Waals surface area contributed by atoms with E-state index in [0.29, 0.717) is 11.0 Å². The number of nitrogens with one attached hydrogen (secondary N) is 1. The molecule has 0 aliphatic carbocycles. The van der Waals surface area contributed by atoms with Gasteiger partial charge < -0.3 is 14.6 Å².